The molecule has 6 heteroatoms. The predicted molar refractivity (Wildman–Crippen MR) is 105 cm³/mol. The minimum absolute atomic E-state index is 0.110. The lowest BCUT2D eigenvalue weighted by molar-refractivity contribution is 0.0646. The summed E-state index contributed by atoms with van der Waals surface area (Å²) in [7, 11) is 1.68. The number of benzene rings is 2. The van der Waals surface area contributed by atoms with Crippen LogP contribution in [-0.2, 0) is 11.3 Å². The van der Waals surface area contributed by atoms with E-state index >= 15 is 0 Å². The minimum atomic E-state index is -0.110. The standard InChI is InChI=1S/C22H23NO5/c1-3-26-16-6-4-15(5-7-16)12-20-21(24)17-8-9-19-18(22(17)28-20)13-23(14-27-19)10-11-25-2/h4-9,12H,3,10-11,13-14H2,1-2H3/b20-12-. The van der Waals surface area contributed by atoms with Crippen molar-refractivity contribution in [1.82, 2.24) is 4.90 Å². The monoisotopic (exact) mass is 381 g/mol. The lowest BCUT2D eigenvalue weighted by Gasteiger charge is -2.29. The van der Waals surface area contributed by atoms with Crippen molar-refractivity contribution in [2.24, 2.45) is 0 Å². The Hall–Kier alpha value is -2.83. The van der Waals surface area contributed by atoms with Crippen molar-refractivity contribution in [2.45, 2.75) is 13.5 Å². The van der Waals surface area contributed by atoms with Crippen LogP contribution < -0.4 is 14.2 Å². The zero-order chi connectivity index (χ0) is 19.5. The average Bonchev–Trinajstić information content (AvgIpc) is 3.04. The van der Waals surface area contributed by atoms with Gasteiger partial charge in [0.05, 0.1) is 24.3 Å². The number of ether oxygens (including phenoxy) is 4. The van der Waals surface area contributed by atoms with Crippen molar-refractivity contribution in [1.29, 1.82) is 0 Å². The van der Waals surface area contributed by atoms with E-state index in [4.69, 9.17) is 18.9 Å². The van der Waals surface area contributed by atoms with Gasteiger partial charge >= 0.3 is 0 Å². The molecule has 4 rings (SSSR count). The molecule has 0 aromatic heterocycles. The molecule has 6 nitrogen and oxygen atoms in total. The molecule has 0 N–H and O–H groups in total. The first-order valence-electron chi connectivity index (χ1n) is 9.36. The highest BCUT2D eigenvalue weighted by molar-refractivity contribution is 6.15. The molecule has 0 atom stereocenters. The van der Waals surface area contributed by atoms with Crippen LogP contribution in [0.3, 0.4) is 0 Å². The van der Waals surface area contributed by atoms with Crippen molar-refractivity contribution in [3.8, 4) is 17.2 Å². The summed E-state index contributed by atoms with van der Waals surface area (Å²) < 4.78 is 22.4. The van der Waals surface area contributed by atoms with E-state index in [9.17, 15) is 4.79 Å². The number of carbonyl (C=O) groups is 1. The van der Waals surface area contributed by atoms with Gasteiger partial charge in [-0.1, -0.05) is 12.1 Å². The van der Waals surface area contributed by atoms with Gasteiger partial charge in [-0.15, -0.1) is 0 Å². The second-order valence-corrected chi connectivity index (χ2v) is 6.68. The molecule has 28 heavy (non-hydrogen) atoms. The summed E-state index contributed by atoms with van der Waals surface area (Å²) in [5.74, 6) is 2.38. The molecule has 2 aliphatic heterocycles. The Kier molecular flexibility index (Phi) is 5.32. The van der Waals surface area contributed by atoms with Crippen molar-refractivity contribution >= 4 is 11.9 Å². The Balaban J connectivity index is 1.58. The van der Waals surface area contributed by atoms with E-state index in [0.29, 0.717) is 43.6 Å². The number of rotatable bonds is 6. The van der Waals surface area contributed by atoms with Crippen LogP contribution in [0.15, 0.2) is 42.2 Å². The molecule has 146 valence electrons. The highest BCUT2D eigenvalue weighted by atomic mass is 16.5. The SMILES string of the molecule is CCOc1ccc(/C=C2\Oc3c(ccc4c3CN(CCOC)CO4)C2=O)cc1. The second-order valence-electron chi connectivity index (χ2n) is 6.68. The third kappa shape index (κ3) is 3.61. The summed E-state index contributed by atoms with van der Waals surface area (Å²) in [5.41, 5.74) is 2.36. The van der Waals surface area contributed by atoms with Gasteiger partial charge < -0.3 is 18.9 Å². The van der Waals surface area contributed by atoms with Gasteiger partial charge in [0.1, 0.15) is 24.0 Å². The molecular weight excluding hydrogens is 358 g/mol. The van der Waals surface area contributed by atoms with Crippen LogP contribution in [-0.4, -0.2) is 44.3 Å². The first-order valence-corrected chi connectivity index (χ1v) is 9.36. The Morgan fingerprint density at radius 1 is 1.18 bits per heavy atom. The fraction of sp³-hybridized carbons (Fsp3) is 0.318. The number of carbonyl (C=O) groups excluding carboxylic acids is 1. The van der Waals surface area contributed by atoms with Crippen molar-refractivity contribution in [3.05, 3.63) is 58.8 Å². The van der Waals surface area contributed by atoms with E-state index in [0.717, 1.165) is 29.2 Å². The van der Waals surface area contributed by atoms with Gasteiger partial charge in [-0.2, -0.15) is 0 Å². The molecule has 2 aromatic carbocycles. The molecule has 0 spiro atoms. The molecule has 0 aliphatic carbocycles. The zero-order valence-electron chi connectivity index (χ0n) is 16.1. The first kappa shape index (κ1) is 18.5. The van der Waals surface area contributed by atoms with Crippen LogP contribution >= 0.6 is 0 Å². The van der Waals surface area contributed by atoms with Crippen molar-refractivity contribution < 1.29 is 23.7 Å². The maximum atomic E-state index is 12.8. The Bertz CT molecular complexity index is 904. The number of Topliss-reactive ketones (excluding diaryl/α,β-unsaturated/α-hetero) is 1. The molecule has 0 radical (unpaired) electrons. The largest absolute Gasteiger partial charge is 0.494 e. The molecule has 2 aromatic rings. The summed E-state index contributed by atoms with van der Waals surface area (Å²) in [6.07, 6.45) is 1.76. The number of ketones is 1. The topological polar surface area (TPSA) is 57.2 Å². The molecule has 2 heterocycles. The smallest absolute Gasteiger partial charge is 0.231 e. The maximum Gasteiger partial charge on any atom is 0.231 e. The number of hydrogen-bond acceptors (Lipinski definition) is 6. The van der Waals surface area contributed by atoms with E-state index in [1.807, 2.05) is 37.3 Å². The molecule has 0 unspecified atom stereocenters. The first-order chi connectivity index (χ1) is 13.7. The van der Waals surface area contributed by atoms with Crippen LogP contribution in [0.2, 0.25) is 0 Å². The number of hydrogen-bond donors (Lipinski definition) is 0. The van der Waals surface area contributed by atoms with Crippen LogP contribution in [0.4, 0.5) is 0 Å². The minimum Gasteiger partial charge on any atom is -0.494 e. The molecule has 0 bridgehead atoms. The molecule has 0 saturated heterocycles. The summed E-state index contributed by atoms with van der Waals surface area (Å²) >= 11 is 0. The normalized spacial score (nSPS) is 17.1. The fourth-order valence-corrected chi connectivity index (χ4v) is 3.35. The molecule has 2 aliphatic rings. The molecule has 0 saturated carbocycles. The Morgan fingerprint density at radius 3 is 2.75 bits per heavy atom. The third-order valence-corrected chi connectivity index (χ3v) is 4.78. The van der Waals surface area contributed by atoms with Gasteiger partial charge in [-0.25, -0.2) is 0 Å². The van der Waals surface area contributed by atoms with Gasteiger partial charge in [-0.3, -0.25) is 9.69 Å². The van der Waals surface area contributed by atoms with Crippen LogP contribution in [0.1, 0.15) is 28.4 Å². The van der Waals surface area contributed by atoms with Crippen LogP contribution in [0.5, 0.6) is 17.2 Å². The van der Waals surface area contributed by atoms with Gasteiger partial charge in [-0.05, 0) is 42.8 Å². The molecule has 0 amide bonds. The Labute approximate surface area is 164 Å². The molecule has 0 fully saturated rings. The summed E-state index contributed by atoms with van der Waals surface area (Å²) in [5, 5.41) is 0. The Morgan fingerprint density at radius 2 is 2.00 bits per heavy atom. The fourth-order valence-electron chi connectivity index (χ4n) is 3.35. The van der Waals surface area contributed by atoms with E-state index in [2.05, 4.69) is 4.90 Å². The predicted octanol–water partition coefficient (Wildman–Crippen LogP) is 3.50. The maximum absolute atomic E-state index is 12.8. The summed E-state index contributed by atoms with van der Waals surface area (Å²) in [4.78, 5) is 14.9. The zero-order valence-corrected chi connectivity index (χ0v) is 16.1. The summed E-state index contributed by atoms with van der Waals surface area (Å²) in [6, 6.07) is 11.2. The number of allylic oxidation sites excluding steroid dienone is 1. The summed E-state index contributed by atoms with van der Waals surface area (Å²) in [6.45, 7) is 5.09. The number of nitrogens with zero attached hydrogens (tertiary/aromatic N) is 1. The van der Waals surface area contributed by atoms with Crippen LogP contribution in [0, 0.1) is 0 Å². The van der Waals surface area contributed by atoms with E-state index < -0.39 is 0 Å². The third-order valence-electron chi connectivity index (χ3n) is 4.78. The van der Waals surface area contributed by atoms with Crippen molar-refractivity contribution in [2.75, 3.05) is 33.6 Å². The highest BCUT2D eigenvalue weighted by Crippen LogP contribution is 2.42. The number of methoxy groups -OCH3 is 1. The average molecular weight is 381 g/mol. The van der Waals surface area contributed by atoms with Crippen molar-refractivity contribution in [3.63, 3.8) is 0 Å². The van der Waals surface area contributed by atoms with E-state index in [1.165, 1.54) is 0 Å². The van der Waals surface area contributed by atoms with Gasteiger partial charge in [0.15, 0.2) is 5.76 Å². The lowest BCUT2D eigenvalue weighted by Crippen LogP contribution is -2.34. The second kappa shape index (κ2) is 8.04. The van der Waals surface area contributed by atoms with Gasteiger partial charge in [0, 0.05) is 20.2 Å². The van der Waals surface area contributed by atoms with Crippen LogP contribution in [0.25, 0.3) is 6.08 Å². The van der Waals surface area contributed by atoms with E-state index in [-0.39, 0.29) is 5.78 Å². The lowest BCUT2D eigenvalue weighted by atomic mass is 10.0. The quantitative estimate of drug-likeness (QED) is 0.714. The van der Waals surface area contributed by atoms with Gasteiger partial charge in [0.2, 0.25) is 5.78 Å². The molecular formula is C22H23NO5. The van der Waals surface area contributed by atoms with Gasteiger partial charge in [0.25, 0.3) is 0 Å². The number of fused-ring (bicyclic) bond motifs is 3. The highest BCUT2D eigenvalue weighted by Gasteiger charge is 2.33. The van der Waals surface area contributed by atoms with E-state index in [1.54, 1.807) is 19.3 Å².